The molecule has 0 unspecified atom stereocenters. The van der Waals surface area contributed by atoms with Gasteiger partial charge in [-0.05, 0) is 50.0 Å². The number of nitrogens with one attached hydrogen (secondary N) is 1. The third kappa shape index (κ3) is 4.06. The van der Waals surface area contributed by atoms with E-state index in [1.54, 1.807) is 0 Å². The Hall–Kier alpha value is -0.0800. The van der Waals surface area contributed by atoms with Gasteiger partial charge in [-0.2, -0.15) is 0 Å². The second-order valence-corrected chi connectivity index (χ2v) is 5.25. The van der Waals surface area contributed by atoms with Crippen LogP contribution in [0.4, 0.5) is 0 Å². The van der Waals surface area contributed by atoms with Gasteiger partial charge in [-0.3, -0.25) is 0 Å². The summed E-state index contributed by atoms with van der Waals surface area (Å²) in [6.45, 7) is 11.3. The lowest BCUT2D eigenvalue weighted by molar-refractivity contribution is 0.0650. The average molecular weight is 227 g/mol. The Morgan fingerprint density at radius 3 is 2.12 bits per heavy atom. The Bertz CT molecular complexity index is 163. The normalized spacial score (nSPS) is 18.9. The van der Waals surface area contributed by atoms with Crippen molar-refractivity contribution < 1.29 is 4.74 Å². The first-order chi connectivity index (χ1) is 7.76. The van der Waals surface area contributed by atoms with Crippen LogP contribution in [0.15, 0.2) is 0 Å². The molecule has 0 radical (unpaired) electrons. The molecule has 16 heavy (non-hydrogen) atoms. The van der Waals surface area contributed by atoms with Crippen molar-refractivity contribution in [1.82, 2.24) is 5.32 Å². The SMILES string of the molecule is CCC(CC)(CC)CNCC1CCOCC1. The molecule has 2 heteroatoms. The van der Waals surface area contributed by atoms with Gasteiger partial charge >= 0.3 is 0 Å². The molecular weight excluding hydrogens is 198 g/mol. The fraction of sp³-hybridized carbons (Fsp3) is 1.00. The fourth-order valence-corrected chi connectivity index (χ4v) is 2.62. The van der Waals surface area contributed by atoms with Gasteiger partial charge in [0.05, 0.1) is 0 Å². The molecule has 1 rings (SSSR count). The van der Waals surface area contributed by atoms with Gasteiger partial charge in [0.15, 0.2) is 0 Å². The van der Waals surface area contributed by atoms with Crippen LogP contribution in [-0.4, -0.2) is 26.3 Å². The van der Waals surface area contributed by atoms with Gasteiger partial charge in [0.2, 0.25) is 0 Å². The number of hydrogen-bond donors (Lipinski definition) is 1. The maximum Gasteiger partial charge on any atom is 0.0469 e. The van der Waals surface area contributed by atoms with Crippen LogP contribution < -0.4 is 5.32 Å². The highest BCUT2D eigenvalue weighted by molar-refractivity contribution is 4.78. The molecule has 1 aliphatic rings. The summed E-state index contributed by atoms with van der Waals surface area (Å²) in [7, 11) is 0. The molecule has 1 aliphatic heterocycles. The van der Waals surface area contributed by atoms with Crippen LogP contribution in [0.2, 0.25) is 0 Å². The minimum atomic E-state index is 0.533. The molecule has 96 valence electrons. The minimum absolute atomic E-state index is 0.533. The smallest absolute Gasteiger partial charge is 0.0469 e. The van der Waals surface area contributed by atoms with Crippen molar-refractivity contribution >= 4 is 0 Å². The van der Waals surface area contributed by atoms with E-state index in [-0.39, 0.29) is 0 Å². The molecule has 1 N–H and O–H groups in total. The predicted molar refractivity (Wildman–Crippen MR) is 69.7 cm³/mol. The van der Waals surface area contributed by atoms with Crippen molar-refractivity contribution in [2.75, 3.05) is 26.3 Å². The van der Waals surface area contributed by atoms with Crippen molar-refractivity contribution in [2.24, 2.45) is 11.3 Å². The third-order valence-corrected chi connectivity index (χ3v) is 4.52. The summed E-state index contributed by atoms with van der Waals surface area (Å²) >= 11 is 0. The van der Waals surface area contributed by atoms with E-state index in [0.717, 1.165) is 19.1 Å². The van der Waals surface area contributed by atoms with Crippen LogP contribution in [0.3, 0.4) is 0 Å². The molecule has 0 atom stereocenters. The molecule has 2 nitrogen and oxygen atoms in total. The van der Waals surface area contributed by atoms with E-state index in [1.807, 2.05) is 0 Å². The summed E-state index contributed by atoms with van der Waals surface area (Å²) in [5, 5.41) is 3.69. The zero-order chi connectivity index (χ0) is 11.9. The van der Waals surface area contributed by atoms with Gasteiger partial charge in [-0.25, -0.2) is 0 Å². The molecule has 0 aromatic carbocycles. The summed E-state index contributed by atoms with van der Waals surface area (Å²) in [6, 6.07) is 0. The van der Waals surface area contributed by atoms with Gasteiger partial charge < -0.3 is 10.1 Å². The highest BCUT2D eigenvalue weighted by atomic mass is 16.5. The monoisotopic (exact) mass is 227 g/mol. The molecule has 0 bridgehead atoms. The molecule has 0 aromatic heterocycles. The van der Waals surface area contributed by atoms with Gasteiger partial charge in [0, 0.05) is 19.8 Å². The van der Waals surface area contributed by atoms with E-state index >= 15 is 0 Å². The molecule has 0 saturated carbocycles. The van der Waals surface area contributed by atoms with Crippen LogP contribution in [0.25, 0.3) is 0 Å². The van der Waals surface area contributed by atoms with E-state index in [0.29, 0.717) is 5.41 Å². The van der Waals surface area contributed by atoms with Crippen molar-refractivity contribution in [1.29, 1.82) is 0 Å². The van der Waals surface area contributed by atoms with Crippen LogP contribution in [-0.2, 0) is 4.74 Å². The molecule has 0 amide bonds. The fourth-order valence-electron chi connectivity index (χ4n) is 2.62. The zero-order valence-corrected chi connectivity index (χ0v) is 11.3. The largest absolute Gasteiger partial charge is 0.381 e. The van der Waals surface area contributed by atoms with E-state index in [9.17, 15) is 0 Å². The van der Waals surface area contributed by atoms with Crippen molar-refractivity contribution in [3.63, 3.8) is 0 Å². The van der Waals surface area contributed by atoms with Gasteiger partial charge in [-0.1, -0.05) is 20.8 Å². The van der Waals surface area contributed by atoms with Crippen molar-refractivity contribution in [3.8, 4) is 0 Å². The first-order valence-electron chi connectivity index (χ1n) is 7.04. The Morgan fingerprint density at radius 1 is 1.06 bits per heavy atom. The van der Waals surface area contributed by atoms with Crippen LogP contribution in [0.1, 0.15) is 52.9 Å². The van der Waals surface area contributed by atoms with E-state index in [2.05, 4.69) is 26.1 Å². The van der Waals surface area contributed by atoms with Gasteiger partial charge in [0.25, 0.3) is 0 Å². The van der Waals surface area contributed by atoms with Crippen LogP contribution in [0, 0.1) is 11.3 Å². The molecule has 0 aromatic rings. The maximum atomic E-state index is 5.38. The zero-order valence-electron chi connectivity index (χ0n) is 11.3. The summed E-state index contributed by atoms with van der Waals surface area (Å²) in [5.74, 6) is 0.844. The van der Waals surface area contributed by atoms with E-state index in [1.165, 1.54) is 45.2 Å². The van der Waals surface area contributed by atoms with E-state index < -0.39 is 0 Å². The molecular formula is C14H29NO. The Morgan fingerprint density at radius 2 is 1.62 bits per heavy atom. The molecule has 1 heterocycles. The highest BCUT2D eigenvalue weighted by Crippen LogP contribution is 2.29. The average Bonchev–Trinajstić information content (AvgIpc) is 2.37. The minimum Gasteiger partial charge on any atom is -0.381 e. The lowest BCUT2D eigenvalue weighted by atomic mass is 9.79. The highest BCUT2D eigenvalue weighted by Gasteiger charge is 2.23. The summed E-state index contributed by atoms with van der Waals surface area (Å²) in [5.41, 5.74) is 0.533. The van der Waals surface area contributed by atoms with Crippen molar-refractivity contribution in [3.05, 3.63) is 0 Å². The Balaban J connectivity index is 2.21. The molecule has 0 spiro atoms. The first-order valence-corrected chi connectivity index (χ1v) is 7.04. The van der Waals surface area contributed by atoms with Crippen LogP contribution in [0.5, 0.6) is 0 Å². The predicted octanol–water partition coefficient (Wildman–Crippen LogP) is 3.22. The second-order valence-electron chi connectivity index (χ2n) is 5.25. The molecule has 0 aliphatic carbocycles. The third-order valence-electron chi connectivity index (χ3n) is 4.52. The standard InChI is InChI=1S/C14H29NO/c1-4-14(5-2,6-3)12-15-11-13-7-9-16-10-8-13/h13,15H,4-12H2,1-3H3. The number of ether oxygens (including phenoxy) is 1. The Labute approximate surface area is 101 Å². The molecule has 1 saturated heterocycles. The number of rotatable bonds is 7. The lowest BCUT2D eigenvalue weighted by Crippen LogP contribution is -2.36. The molecule has 1 fully saturated rings. The van der Waals surface area contributed by atoms with Crippen molar-refractivity contribution in [2.45, 2.75) is 52.9 Å². The van der Waals surface area contributed by atoms with Crippen LogP contribution >= 0.6 is 0 Å². The van der Waals surface area contributed by atoms with Gasteiger partial charge in [0.1, 0.15) is 0 Å². The topological polar surface area (TPSA) is 21.3 Å². The summed E-state index contributed by atoms with van der Waals surface area (Å²) in [6.07, 6.45) is 6.36. The Kier molecular flexibility index (Phi) is 6.37. The lowest BCUT2D eigenvalue weighted by Gasteiger charge is -2.32. The number of hydrogen-bond acceptors (Lipinski definition) is 2. The first kappa shape index (κ1) is 14.0. The maximum absolute atomic E-state index is 5.38. The summed E-state index contributed by atoms with van der Waals surface area (Å²) < 4.78 is 5.38. The quantitative estimate of drug-likeness (QED) is 0.721. The van der Waals surface area contributed by atoms with E-state index in [4.69, 9.17) is 4.74 Å². The summed E-state index contributed by atoms with van der Waals surface area (Å²) in [4.78, 5) is 0. The van der Waals surface area contributed by atoms with Gasteiger partial charge in [-0.15, -0.1) is 0 Å². The second kappa shape index (κ2) is 7.29.